The second-order valence-electron chi connectivity index (χ2n) is 5.96. The molecule has 3 rings (SSSR count). The lowest BCUT2D eigenvalue weighted by Crippen LogP contribution is -2.02. The Morgan fingerprint density at radius 1 is 0.926 bits per heavy atom. The van der Waals surface area contributed by atoms with Gasteiger partial charge in [0.05, 0.1) is 5.02 Å². The first-order chi connectivity index (χ1) is 13.1. The predicted octanol–water partition coefficient (Wildman–Crippen LogP) is 6.00. The summed E-state index contributed by atoms with van der Waals surface area (Å²) in [7, 11) is 0. The lowest BCUT2D eigenvalue weighted by molar-refractivity contribution is 0.297. The summed E-state index contributed by atoms with van der Waals surface area (Å²) in [4.78, 5) is 2.26. The van der Waals surface area contributed by atoms with Gasteiger partial charge >= 0.3 is 0 Å². The third-order valence-electron chi connectivity index (χ3n) is 4.02. The molecule has 0 heterocycles. The molecule has 0 atom stereocenters. The first-order valence-electron chi connectivity index (χ1n) is 8.44. The summed E-state index contributed by atoms with van der Waals surface area (Å²) in [6, 6.07) is 19.4. The second-order valence-corrected chi connectivity index (χ2v) is 7.92. The van der Waals surface area contributed by atoms with Gasteiger partial charge in [-0.3, -0.25) is 0 Å². The molecule has 27 heavy (non-hydrogen) atoms. The Kier molecular flexibility index (Phi) is 6.91. The van der Waals surface area contributed by atoms with Crippen molar-refractivity contribution < 1.29 is 10.2 Å². The first kappa shape index (κ1) is 19.9. The van der Waals surface area contributed by atoms with Crippen LogP contribution in [0.2, 0.25) is 10.0 Å². The van der Waals surface area contributed by atoms with Gasteiger partial charge in [-0.1, -0.05) is 53.2 Å². The molecule has 0 radical (unpaired) electrons. The number of aromatic hydroxyl groups is 1. The zero-order valence-corrected chi connectivity index (χ0v) is 16.8. The molecule has 3 aromatic carbocycles. The average Bonchev–Trinajstić information content (AvgIpc) is 2.67. The van der Waals surface area contributed by atoms with E-state index in [0.29, 0.717) is 18.5 Å². The van der Waals surface area contributed by atoms with E-state index in [4.69, 9.17) is 28.3 Å². The van der Waals surface area contributed by atoms with Gasteiger partial charge in [0.25, 0.3) is 0 Å². The van der Waals surface area contributed by atoms with Crippen molar-refractivity contribution in [3.05, 3.63) is 81.8 Å². The summed E-state index contributed by atoms with van der Waals surface area (Å²) in [5, 5.41) is 23.5. The van der Waals surface area contributed by atoms with E-state index in [-0.39, 0.29) is 17.4 Å². The zero-order valence-electron chi connectivity index (χ0n) is 14.5. The number of hydrogen-bond donors (Lipinski definition) is 3. The van der Waals surface area contributed by atoms with Crippen molar-refractivity contribution in [2.45, 2.75) is 22.8 Å². The highest BCUT2D eigenvalue weighted by Gasteiger charge is 2.09. The molecule has 0 spiro atoms. The van der Waals surface area contributed by atoms with Gasteiger partial charge < -0.3 is 15.5 Å². The standard InChI is InChI=1S/C21H19Cl2NO2S/c22-16-5-7-18(8-6-16)27-20-4-2-1-3-15(20)13-24-17-11-14(9-10-25)21(26)19(23)12-17/h1-8,11-12,24-26H,9-10,13H2. The monoisotopic (exact) mass is 419 g/mol. The fraction of sp³-hybridized carbons (Fsp3) is 0.143. The van der Waals surface area contributed by atoms with Crippen LogP contribution in [0.25, 0.3) is 0 Å². The van der Waals surface area contributed by atoms with Crippen LogP contribution >= 0.6 is 35.0 Å². The van der Waals surface area contributed by atoms with Gasteiger partial charge in [-0.25, -0.2) is 0 Å². The van der Waals surface area contributed by atoms with E-state index in [1.54, 1.807) is 17.8 Å². The largest absolute Gasteiger partial charge is 0.506 e. The summed E-state index contributed by atoms with van der Waals surface area (Å²) in [5.41, 5.74) is 2.56. The number of halogens is 2. The van der Waals surface area contributed by atoms with Gasteiger partial charge in [0.2, 0.25) is 0 Å². The molecule has 0 aliphatic heterocycles. The number of rotatable bonds is 7. The number of phenols is 1. The highest BCUT2D eigenvalue weighted by Crippen LogP contribution is 2.34. The van der Waals surface area contributed by atoms with E-state index in [1.807, 2.05) is 42.5 Å². The van der Waals surface area contributed by atoms with Crippen molar-refractivity contribution in [1.29, 1.82) is 0 Å². The Morgan fingerprint density at radius 3 is 2.41 bits per heavy atom. The van der Waals surface area contributed by atoms with Crippen molar-refractivity contribution in [3.63, 3.8) is 0 Å². The minimum atomic E-state index is -0.0477. The average molecular weight is 420 g/mol. The molecule has 0 bridgehead atoms. The molecule has 0 unspecified atom stereocenters. The molecule has 0 aliphatic carbocycles. The summed E-state index contributed by atoms with van der Waals surface area (Å²) in [6.45, 7) is 0.560. The molecule has 0 fully saturated rings. The maximum absolute atomic E-state index is 9.98. The van der Waals surface area contributed by atoms with E-state index in [2.05, 4.69) is 17.4 Å². The van der Waals surface area contributed by atoms with E-state index >= 15 is 0 Å². The number of aliphatic hydroxyl groups excluding tert-OH is 1. The highest BCUT2D eigenvalue weighted by atomic mass is 35.5. The van der Waals surface area contributed by atoms with E-state index in [9.17, 15) is 5.11 Å². The van der Waals surface area contributed by atoms with Crippen LogP contribution < -0.4 is 5.32 Å². The third-order valence-corrected chi connectivity index (χ3v) is 5.69. The normalized spacial score (nSPS) is 10.8. The molecule has 3 aromatic rings. The summed E-state index contributed by atoms with van der Waals surface area (Å²) >= 11 is 13.7. The van der Waals surface area contributed by atoms with E-state index in [0.717, 1.165) is 26.1 Å². The van der Waals surface area contributed by atoms with Crippen molar-refractivity contribution in [2.24, 2.45) is 0 Å². The minimum absolute atomic E-state index is 0.0231. The number of anilines is 1. The summed E-state index contributed by atoms with van der Waals surface area (Å²) < 4.78 is 0. The summed E-state index contributed by atoms with van der Waals surface area (Å²) in [6.07, 6.45) is 0.351. The number of nitrogens with one attached hydrogen (secondary N) is 1. The number of phenolic OH excluding ortho intramolecular Hbond substituents is 1. The van der Waals surface area contributed by atoms with Crippen LogP contribution in [-0.4, -0.2) is 16.8 Å². The zero-order chi connectivity index (χ0) is 19.2. The number of benzene rings is 3. The Bertz CT molecular complexity index is 917. The van der Waals surface area contributed by atoms with Gasteiger partial charge in [-0.15, -0.1) is 0 Å². The van der Waals surface area contributed by atoms with Crippen LogP contribution in [0, 0.1) is 0 Å². The smallest absolute Gasteiger partial charge is 0.137 e. The Balaban J connectivity index is 1.76. The minimum Gasteiger partial charge on any atom is -0.506 e. The van der Waals surface area contributed by atoms with Crippen molar-refractivity contribution in [2.75, 3.05) is 11.9 Å². The third kappa shape index (κ3) is 5.33. The lowest BCUT2D eigenvalue weighted by atomic mass is 10.1. The van der Waals surface area contributed by atoms with Crippen molar-refractivity contribution >= 4 is 40.7 Å². The molecular weight excluding hydrogens is 401 g/mol. The Hall–Kier alpha value is -1.85. The predicted molar refractivity (Wildman–Crippen MR) is 113 cm³/mol. The molecular formula is C21H19Cl2NO2S. The maximum Gasteiger partial charge on any atom is 0.137 e. The lowest BCUT2D eigenvalue weighted by Gasteiger charge is -2.13. The van der Waals surface area contributed by atoms with Gasteiger partial charge in [0, 0.05) is 33.7 Å². The quantitative estimate of drug-likeness (QED) is 0.411. The molecule has 0 saturated carbocycles. The Morgan fingerprint density at radius 2 is 1.67 bits per heavy atom. The van der Waals surface area contributed by atoms with E-state index < -0.39 is 0 Å². The molecule has 0 aromatic heterocycles. The van der Waals surface area contributed by atoms with E-state index in [1.165, 1.54) is 0 Å². The highest BCUT2D eigenvalue weighted by molar-refractivity contribution is 7.99. The second kappa shape index (κ2) is 9.38. The molecule has 140 valence electrons. The first-order valence-corrected chi connectivity index (χ1v) is 10.0. The van der Waals surface area contributed by atoms with Gasteiger partial charge in [0.15, 0.2) is 0 Å². The maximum atomic E-state index is 9.98. The van der Waals surface area contributed by atoms with Crippen LogP contribution in [-0.2, 0) is 13.0 Å². The molecule has 0 amide bonds. The fourth-order valence-corrected chi connectivity index (χ4v) is 3.95. The summed E-state index contributed by atoms with van der Waals surface area (Å²) in [5.74, 6) is 0.0231. The number of aliphatic hydroxyl groups is 1. The van der Waals surface area contributed by atoms with Crippen LogP contribution in [0.15, 0.2) is 70.5 Å². The van der Waals surface area contributed by atoms with Gasteiger partial charge in [-0.05, 0) is 60.0 Å². The Labute approximate surface area is 173 Å². The van der Waals surface area contributed by atoms with Crippen LogP contribution in [0.5, 0.6) is 5.75 Å². The van der Waals surface area contributed by atoms with Crippen LogP contribution in [0.1, 0.15) is 11.1 Å². The van der Waals surface area contributed by atoms with Crippen molar-refractivity contribution in [3.8, 4) is 5.75 Å². The fourth-order valence-electron chi connectivity index (χ4n) is 2.65. The molecule has 0 saturated heterocycles. The van der Waals surface area contributed by atoms with Gasteiger partial charge in [-0.2, -0.15) is 0 Å². The van der Waals surface area contributed by atoms with Crippen molar-refractivity contribution in [1.82, 2.24) is 0 Å². The van der Waals surface area contributed by atoms with Crippen LogP contribution in [0.4, 0.5) is 5.69 Å². The SMILES string of the molecule is OCCc1cc(NCc2ccccc2Sc2ccc(Cl)cc2)cc(Cl)c1O. The van der Waals surface area contributed by atoms with Crippen LogP contribution in [0.3, 0.4) is 0 Å². The molecule has 0 aliphatic rings. The molecule has 6 heteroatoms. The molecule has 3 nitrogen and oxygen atoms in total. The topological polar surface area (TPSA) is 52.5 Å². The number of hydrogen-bond acceptors (Lipinski definition) is 4. The molecule has 3 N–H and O–H groups in total. The van der Waals surface area contributed by atoms with Gasteiger partial charge in [0.1, 0.15) is 5.75 Å².